The van der Waals surface area contributed by atoms with Crippen LogP contribution in [-0.2, 0) is 19.1 Å². The maximum absolute atomic E-state index is 12.2. The predicted octanol–water partition coefficient (Wildman–Crippen LogP) is 2.12. The monoisotopic (exact) mass is 303 g/mol. The number of nitrogens with zero attached hydrogens (tertiary/aromatic N) is 1. The number of amides is 1. The molecular formula is C17H21NO4. The van der Waals surface area contributed by atoms with E-state index >= 15 is 0 Å². The molecule has 1 aliphatic heterocycles. The number of benzene rings is 1. The Morgan fingerprint density at radius 2 is 2.00 bits per heavy atom. The second kappa shape index (κ2) is 7.20. The van der Waals surface area contributed by atoms with Gasteiger partial charge in [0.2, 0.25) is 5.91 Å². The van der Waals surface area contributed by atoms with Crippen molar-refractivity contribution in [3.63, 3.8) is 0 Å². The molecule has 5 heteroatoms. The fourth-order valence-corrected chi connectivity index (χ4v) is 2.73. The lowest BCUT2D eigenvalue weighted by Gasteiger charge is -2.25. The van der Waals surface area contributed by atoms with Crippen molar-refractivity contribution >= 4 is 17.7 Å². The number of carbonyl (C=O) groups is 3. The van der Waals surface area contributed by atoms with Crippen LogP contribution >= 0.6 is 0 Å². The minimum Gasteiger partial charge on any atom is -0.466 e. The summed E-state index contributed by atoms with van der Waals surface area (Å²) in [6.45, 7) is 4.27. The third-order valence-electron chi connectivity index (χ3n) is 3.99. The van der Waals surface area contributed by atoms with E-state index in [1.807, 2.05) is 37.3 Å². The molecule has 0 N–H and O–H groups in total. The van der Waals surface area contributed by atoms with E-state index in [0.717, 1.165) is 5.56 Å². The Labute approximate surface area is 130 Å². The molecule has 2 atom stereocenters. The van der Waals surface area contributed by atoms with Crippen LogP contribution in [0.3, 0.4) is 0 Å². The van der Waals surface area contributed by atoms with Crippen LogP contribution in [0.25, 0.3) is 0 Å². The highest BCUT2D eigenvalue weighted by Gasteiger charge is 2.37. The number of hydrogen-bond donors (Lipinski definition) is 0. The third kappa shape index (κ3) is 3.72. The number of Topliss-reactive ketones (excluding diaryl/α,β-unsaturated/α-hetero) is 1. The van der Waals surface area contributed by atoms with Crippen molar-refractivity contribution in [2.24, 2.45) is 5.92 Å². The highest BCUT2D eigenvalue weighted by atomic mass is 16.5. The van der Waals surface area contributed by atoms with Crippen LogP contribution in [-0.4, -0.2) is 35.7 Å². The zero-order valence-corrected chi connectivity index (χ0v) is 13.0. The molecule has 1 amide bonds. The van der Waals surface area contributed by atoms with E-state index in [1.54, 1.807) is 11.8 Å². The average molecular weight is 303 g/mol. The summed E-state index contributed by atoms with van der Waals surface area (Å²) in [5.74, 6) is -1.19. The third-order valence-corrected chi connectivity index (χ3v) is 3.99. The first-order valence-corrected chi connectivity index (χ1v) is 7.55. The Morgan fingerprint density at radius 1 is 1.32 bits per heavy atom. The molecule has 5 nitrogen and oxygen atoms in total. The van der Waals surface area contributed by atoms with Crippen LogP contribution in [0, 0.1) is 5.92 Å². The van der Waals surface area contributed by atoms with Crippen LogP contribution < -0.4 is 0 Å². The molecule has 1 aromatic rings. The van der Waals surface area contributed by atoms with E-state index < -0.39 is 11.9 Å². The van der Waals surface area contributed by atoms with Gasteiger partial charge in [-0.1, -0.05) is 30.3 Å². The molecular weight excluding hydrogens is 282 g/mol. The van der Waals surface area contributed by atoms with Crippen LogP contribution in [0.2, 0.25) is 0 Å². The summed E-state index contributed by atoms with van der Waals surface area (Å²) < 4.78 is 4.78. The maximum Gasteiger partial charge on any atom is 0.313 e. The molecule has 1 fully saturated rings. The van der Waals surface area contributed by atoms with Gasteiger partial charge in [0.25, 0.3) is 0 Å². The van der Waals surface area contributed by atoms with Gasteiger partial charge >= 0.3 is 5.97 Å². The molecule has 0 unspecified atom stereocenters. The molecule has 1 aliphatic rings. The Hall–Kier alpha value is -2.17. The number of likely N-dealkylation sites (tertiary alicyclic amines) is 1. The fraction of sp³-hybridized carbons (Fsp3) is 0.471. The molecule has 0 saturated carbocycles. The second-order valence-corrected chi connectivity index (χ2v) is 5.48. The lowest BCUT2D eigenvalue weighted by molar-refractivity contribution is -0.146. The van der Waals surface area contributed by atoms with Gasteiger partial charge in [-0.2, -0.15) is 0 Å². The summed E-state index contributed by atoms with van der Waals surface area (Å²) >= 11 is 0. The summed E-state index contributed by atoms with van der Waals surface area (Å²) in [4.78, 5) is 37.4. The summed E-state index contributed by atoms with van der Waals surface area (Å²) in [5, 5.41) is 0. The molecule has 2 rings (SSSR count). The summed E-state index contributed by atoms with van der Waals surface area (Å²) in [6, 6.07) is 9.63. The minimum atomic E-state index is -0.519. The van der Waals surface area contributed by atoms with Crippen molar-refractivity contribution in [1.29, 1.82) is 0 Å². The lowest BCUT2D eigenvalue weighted by atomic mass is 10.0. The molecule has 1 saturated heterocycles. The van der Waals surface area contributed by atoms with Crippen molar-refractivity contribution in [3.8, 4) is 0 Å². The number of rotatable bonds is 6. The Kier molecular flexibility index (Phi) is 5.31. The van der Waals surface area contributed by atoms with E-state index in [-0.39, 0.29) is 37.2 Å². The van der Waals surface area contributed by atoms with Gasteiger partial charge < -0.3 is 9.64 Å². The van der Waals surface area contributed by atoms with Crippen molar-refractivity contribution in [2.75, 3.05) is 13.2 Å². The highest BCUT2D eigenvalue weighted by Crippen LogP contribution is 2.29. The SMILES string of the molecule is CCOC(=O)CC(=O)[C@@H]1CC(=O)N([C@@H](C)c2ccccc2)C1. The Bertz CT molecular complexity index is 555. The number of ketones is 1. The Balaban J connectivity index is 1.98. The largest absolute Gasteiger partial charge is 0.466 e. The number of esters is 1. The van der Waals surface area contributed by atoms with E-state index in [1.165, 1.54) is 0 Å². The van der Waals surface area contributed by atoms with Crippen LogP contribution in [0.5, 0.6) is 0 Å². The van der Waals surface area contributed by atoms with Gasteiger partial charge in [0.15, 0.2) is 0 Å². The molecule has 0 aliphatic carbocycles. The van der Waals surface area contributed by atoms with Gasteiger partial charge in [-0.15, -0.1) is 0 Å². The van der Waals surface area contributed by atoms with Gasteiger partial charge in [-0.05, 0) is 19.4 Å². The van der Waals surface area contributed by atoms with Crippen molar-refractivity contribution in [1.82, 2.24) is 4.90 Å². The number of ether oxygens (including phenoxy) is 1. The quantitative estimate of drug-likeness (QED) is 0.596. The van der Waals surface area contributed by atoms with Crippen LogP contribution in [0.1, 0.15) is 38.3 Å². The molecule has 0 radical (unpaired) electrons. The van der Waals surface area contributed by atoms with E-state index in [2.05, 4.69) is 0 Å². The molecule has 22 heavy (non-hydrogen) atoms. The molecule has 0 aromatic heterocycles. The van der Waals surface area contributed by atoms with Gasteiger partial charge in [-0.3, -0.25) is 14.4 Å². The molecule has 1 aromatic carbocycles. The lowest BCUT2D eigenvalue weighted by Crippen LogP contribution is -2.29. The Morgan fingerprint density at radius 3 is 2.64 bits per heavy atom. The smallest absolute Gasteiger partial charge is 0.313 e. The van der Waals surface area contributed by atoms with Crippen LogP contribution in [0.4, 0.5) is 0 Å². The maximum atomic E-state index is 12.2. The first-order valence-electron chi connectivity index (χ1n) is 7.55. The zero-order valence-electron chi connectivity index (χ0n) is 13.0. The number of hydrogen-bond acceptors (Lipinski definition) is 4. The molecule has 0 spiro atoms. The van der Waals surface area contributed by atoms with Gasteiger partial charge in [-0.25, -0.2) is 0 Å². The minimum absolute atomic E-state index is 0.0430. The van der Waals surface area contributed by atoms with E-state index in [0.29, 0.717) is 6.54 Å². The van der Waals surface area contributed by atoms with Crippen molar-refractivity contribution < 1.29 is 19.1 Å². The van der Waals surface area contributed by atoms with Crippen molar-refractivity contribution in [2.45, 2.75) is 32.7 Å². The van der Waals surface area contributed by atoms with Gasteiger partial charge in [0, 0.05) is 18.9 Å². The summed E-state index contributed by atoms with van der Waals surface area (Å²) in [5.41, 5.74) is 1.04. The molecule has 1 heterocycles. The average Bonchev–Trinajstić information content (AvgIpc) is 2.89. The first-order chi connectivity index (χ1) is 10.5. The second-order valence-electron chi connectivity index (χ2n) is 5.48. The topological polar surface area (TPSA) is 63.7 Å². The molecule has 0 bridgehead atoms. The zero-order chi connectivity index (χ0) is 16.1. The number of carbonyl (C=O) groups excluding carboxylic acids is 3. The normalized spacial score (nSPS) is 19.1. The van der Waals surface area contributed by atoms with E-state index in [9.17, 15) is 14.4 Å². The summed E-state index contributed by atoms with van der Waals surface area (Å²) in [7, 11) is 0. The highest BCUT2D eigenvalue weighted by molar-refractivity contribution is 5.99. The fourth-order valence-electron chi connectivity index (χ4n) is 2.73. The van der Waals surface area contributed by atoms with Crippen LogP contribution in [0.15, 0.2) is 30.3 Å². The standard InChI is InChI=1S/C17H21NO4/c1-3-22-17(21)10-15(19)14-9-16(20)18(11-14)12(2)13-7-5-4-6-8-13/h4-8,12,14H,3,9-11H2,1-2H3/t12-,14+/m0/s1. The first kappa shape index (κ1) is 16.2. The van der Waals surface area contributed by atoms with E-state index in [4.69, 9.17) is 4.74 Å². The van der Waals surface area contributed by atoms with Gasteiger partial charge in [0.1, 0.15) is 12.2 Å². The molecule has 118 valence electrons. The van der Waals surface area contributed by atoms with Gasteiger partial charge in [0.05, 0.1) is 12.6 Å². The summed E-state index contributed by atoms with van der Waals surface area (Å²) in [6.07, 6.45) is -0.0746. The van der Waals surface area contributed by atoms with Crippen molar-refractivity contribution in [3.05, 3.63) is 35.9 Å². The predicted molar refractivity (Wildman–Crippen MR) is 80.9 cm³/mol.